The first-order chi connectivity index (χ1) is 18.4. The number of aromatic nitrogens is 3. The van der Waals surface area contributed by atoms with Crippen molar-refractivity contribution in [2.75, 3.05) is 5.32 Å². The quantitative estimate of drug-likeness (QED) is 0.272. The molecule has 6 rings (SSSR count). The minimum absolute atomic E-state index is 0.172. The van der Waals surface area contributed by atoms with Gasteiger partial charge in [0.25, 0.3) is 0 Å². The van der Waals surface area contributed by atoms with Crippen molar-refractivity contribution in [3.8, 4) is 11.5 Å². The lowest BCUT2D eigenvalue weighted by atomic mass is 10.0. The van der Waals surface area contributed by atoms with Crippen molar-refractivity contribution < 1.29 is 13.6 Å². The van der Waals surface area contributed by atoms with Gasteiger partial charge in [0.05, 0.1) is 35.3 Å². The zero-order chi connectivity index (χ0) is 26.4. The molecule has 38 heavy (non-hydrogen) atoms. The monoisotopic (exact) mass is 529 g/mol. The molecule has 0 fully saturated rings. The first kappa shape index (κ1) is 23.9. The molecule has 0 spiro atoms. The average Bonchev–Trinajstić information content (AvgIpc) is 3.48. The maximum Gasteiger partial charge on any atom is 0.323 e. The van der Waals surface area contributed by atoms with Crippen LogP contribution in [0.5, 0.6) is 0 Å². The fourth-order valence-corrected chi connectivity index (χ4v) is 5.05. The molecule has 5 aromatic rings. The van der Waals surface area contributed by atoms with E-state index in [0.29, 0.717) is 5.02 Å². The smallest absolute Gasteiger partial charge is 0.307 e. The Morgan fingerprint density at radius 2 is 1.76 bits per heavy atom. The van der Waals surface area contributed by atoms with Gasteiger partial charge in [-0.05, 0) is 61.0 Å². The summed E-state index contributed by atoms with van der Waals surface area (Å²) in [6.45, 7) is 2.07. The van der Waals surface area contributed by atoms with Crippen molar-refractivity contribution in [2.45, 2.75) is 19.5 Å². The van der Waals surface area contributed by atoms with E-state index in [1.54, 1.807) is 17.0 Å². The highest BCUT2D eigenvalue weighted by atomic mass is 35.5. The summed E-state index contributed by atoms with van der Waals surface area (Å²) in [5.41, 5.74) is 3.83. The summed E-state index contributed by atoms with van der Waals surface area (Å²) < 4.78 is 32.3. The van der Waals surface area contributed by atoms with E-state index in [4.69, 9.17) is 16.7 Å². The number of anilines is 1. The first-order valence-corrected chi connectivity index (χ1v) is 12.4. The van der Waals surface area contributed by atoms with Gasteiger partial charge >= 0.3 is 6.03 Å². The summed E-state index contributed by atoms with van der Waals surface area (Å²) in [6, 6.07) is 22.7. The van der Waals surface area contributed by atoms with Crippen LogP contribution in [0.25, 0.3) is 11.5 Å². The van der Waals surface area contributed by atoms with Crippen LogP contribution in [0.3, 0.4) is 0 Å². The largest absolute Gasteiger partial charge is 0.323 e. The Hall–Kier alpha value is -4.43. The second-order valence-electron chi connectivity index (χ2n) is 9.07. The molecule has 3 heterocycles. The lowest BCUT2D eigenvalue weighted by molar-refractivity contribution is 0.194. The van der Waals surface area contributed by atoms with Crippen molar-refractivity contribution in [3.05, 3.63) is 130 Å². The Morgan fingerprint density at radius 1 is 1.00 bits per heavy atom. The molecule has 0 saturated carbocycles. The minimum atomic E-state index is -0.727. The Kier molecular flexibility index (Phi) is 5.96. The first-order valence-electron chi connectivity index (χ1n) is 12.0. The van der Waals surface area contributed by atoms with Crippen LogP contribution in [0.15, 0.2) is 91.1 Å². The predicted octanol–water partition coefficient (Wildman–Crippen LogP) is 7.04. The van der Waals surface area contributed by atoms with Crippen LogP contribution in [0.2, 0.25) is 5.02 Å². The maximum atomic E-state index is 14.5. The van der Waals surface area contributed by atoms with Gasteiger partial charge in [-0.25, -0.2) is 18.3 Å². The third-order valence-corrected chi connectivity index (χ3v) is 6.96. The number of hydrogen-bond acceptors (Lipinski definition) is 2. The van der Waals surface area contributed by atoms with E-state index < -0.39 is 23.7 Å². The lowest BCUT2D eigenvalue weighted by Crippen LogP contribution is -2.38. The van der Waals surface area contributed by atoms with Gasteiger partial charge < -0.3 is 14.8 Å². The SMILES string of the molecule is Cc1nn(-c2ccccc2)c2c1CN(C(=O)Nc1cc(F)ccc1F)C(c1ccc(Cl)cc1)c1cccn1-2. The van der Waals surface area contributed by atoms with Gasteiger partial charge in [-0.2, -0.15) is 5.10 Å². The van der Waals surface area contributed by atoms with Crippen LogP contribution in [-0.4, -0.2) is 25.3 Å². The Morgan fingerprint density at radius 3 is 2.53 bits per heavy atom. The van der Waals surface area contributed by atoms with E-state index in [2.05, 4.69) is 5.32 Å². The molecule has 6 nitrogen and oxygen atoms in total. The second kappa shape index (κ2) is 9.46. The van der Waals surface area contributed by atoms with E-state index >= 15 is 0 Å². The van der Waals surface area contributed by atoms with Crippen LogP contribution in [0.4, 0.5) is 19.3 Å². The van der Waals surface area contributed by atoms with Gasteiger partial charge in [0.1, 0.15) is 17.5 Å². The average molecular weight is 530 g/mol. The Balaban J connectivity index is 1.54. The molecule has 2 aromatic heterocycles. The fourth-order valence-electron chi connectivity index (χ4n) is 4.93. The highest BCUT2D eigenvalue weighted by Crippen LogP contribution is 2.39. The number of halogens is 3. The highest BCUT2D eigenvalue weighted by molar-refractivity contribution is 6.30. The lowest BCUT2D eigenvalue weighted by Gasteiger charge is -2.31. The van der Waals surface area contributed by atoms with Crippen molar-refractivity contribution in [1.29, 1.82) is 0 Å². The standard InChI is InChI=1S/C29H22ClF2N5O/c1-18-23-17-36(29(38)33-25-16-21(31)13-14-24(25)32)27(19-9-11-20(30)12-10-19)26-8-5-15-35(26)28(23)37(34-18)22-6-3-2-4-7-22/h2-16,27H,17H2,1H3,(H,33,38). The van der Waals surface area contributed by atoms with E-state index in [-0.39, 0.29) is 12.2 Å². The van der Waals surface area contributed by atoms with E-state index in [1.807, 2.05) is 77.0 Å². The zero-order valence-electron chi connectivity index (χ0n) is 20.3. The number of nitrogens with zero attached hydrogens (tertiary/aromatic N) is 4. The Labute approximate surface area is 222 Å². The van der Waals surface area contributed by atoms with Crippen LogP contribution in [-0.2, 0) is 6.54 Å². The zero-order valence-corrected chi connectivity index (χ0v) is 21.0. The normalized spacial score (nSPS) is 14.5. The number of benzene rings is 3. The van der Waals surface area contributed by atoms with E-state index in [1.165, 1.54) is 0 Å². The number of nitrogens with one attached hydrogen (secondary N) is 1. The maximum absolute atomic E-state index is 14.5. The molecular weight excluding hydrogens is 508 g/mol. The van der Waals surface area contributed by atoms with Gasteiger partial charge in [-0.3, -0.25) is 0 Å². The van der Waals surface area contributed by atoms with E-state index in [0.717, 1.165) is 52.2 Å². The molecule has 2 amide bonds. The predicted molar refractivity (Wildman–Crippen MR) is 142 cm³/mol. The molecule has 1 atom stereocenters. The summed E-state index contributed by atoms with van der Waals surface area (Å²) in [4.78, 5) is 15.4. The van der Waals surface area contributed by atoms with E-state index in [9.17, 15) is 13.6 Å². The summed E-state index contributed by atoms with van der Waals surface area (Å²) in [5, 5.41) is 7.95. The van der Waals surface area contributed by atoms with Crippen LogP contribution in [0.1, 0.15) is 28.6 Å². The van der Waals surface area contributed by atoms with Gasteiger partial charge in [-0.1, -0.05) is 41.9 Å². The minimum Gasteiger partial charge on any atom is -0.307 e. The van der Waals surface area contributed by atoms with Crippen molar-refractivity contribution >= 4 is 23.3 Å². The molecule has 190 valence electrons. The van der Waals surface area contributed by atoms with Crippen molar-refractivity contribution in [2.24, 2.45) is 0 Å². The molecule has 3 aromatic carbocycles. The molecule has 1 aliphatic heterocycles. The van der Waals surface area contributed by atoms with Crippen molar-refractivity contribution in [3.63, 3.8) is 0 Å². The number of amides is 2. The van der Waals surface area contributed by atoms with Crippen molar-refractivity contribution in [1.82, 2.24) is 19.2 Å². The molecule has 0 radical (unpaired) electrons. The molecule has 1 unspecified atom stereocenters. The number of carbonyl (C=O) groups is 1. The van der Waals surface area contributed by atoms with Crippen LogP contribution in [0, 0.1) is 18.6 Å². The summed E-state index contributed by atoms with van der Waals surface area (Å²) in [7, 11) is 0. The molecule has 0 saturated heterocycles. The number of aryl methyl sites for hydroxylation is 1. The van der Waals surface area contributed by atoms with Crippen LogP contribution < -0.4 is 5.32 Å². The molecule has 1 N–H and O–H groups in total. The Bertz CT molecular complexity index is 1650. The molecule has 1 aliphatic rings. The van der Waals surface area contributed by atoms with Gasteiger partial charge in [-0.15, -0.1) is 0 Å². The molecule has 0 bridgehead atoms. The third-order valence-electron chi connectivity index (χ3n) is 6.70. The molecule has 9 heteroatoms. The van der Waals surface area contributed by atoms with Crippen LogP contribution >= 0.6 is 11.6 Å². The van der Waals surface area contributed by atoms with Gasteiger partial charge in [0.15, 0.2) is 0 Å². The molecule has 0 aliphatic carbocycles. The number of para-hydroxylation sites is 1. The topological polar surface area (TPSA) is 55.1 Å². The number of fused-ring (bicyclic) bond motifs is 3. The van der Waals surface area contributed by atoms with Gasteiger partial charge in [0, 0.05) is 22.8 Å². The number of rotatable bonds is 3. The summed E-state index contributed by atoms with van der Waals surface area (Å²) in [6.07, 6.45) is 1.94. The number of urea groups is 1. The molecular formula is C29H22ClF2N5O. The number of carbonyl (C=O) groups excluding carboxylic acids is 1. The summed E-state index contributed by atoms with van der Waals surface area (Å²) in [5.74, 6) is -0.572. The third kappa shape index (κ3) is 4.13. The second-order valence-corrected chi connectivity index (χ2v) is 9.51. The highest BCUT2D eigenvalue weighted by Gasteiger charge is 2.36. The van der Waals surface area contributed by atoms with Gasteiger partial charge in [0.2, 0.25) is 0 Å². The number of hydrogen-bond donors (Lipinski definition) is 1. The fraction of sp³-hybridized carbons (Fsp3) is 0.103. The summed E-state index contributed by atoms with van der Waals surface area (Å²) >= 11 is 6.18.